The highest BCUT2D eigenvalue weighted by molar-refractivity contribution is 9.10. The summed E-state index contributed by atoms with van der Waals surface area (Å²) in [5.41, 5.74) is 0.175. The molecule has 0 atom stereocenters. The molecule has 0 bridgehead atoms. The number of anilines is 1. The average Bonchev–Trinajstić information content (AvgIpc) is 2.88. The van der Waals surface area contributed by atoms with Gasteiger partial charge in [0.2, 0.25) is 0 Å². The molecular weight excluding hydrogens is 367 g/mol. The molecule has 1 N–H and O–H groups in total. The van der Waals surface area contributed by atoms with Crippen molar-refractivity contribution < 1.29 is 18.0 Å². The molecule has 2 rings (SSSR count). The lowest BCUT2D eigenvalue weighted by molar-refractivity contribution is -0.137. The van der Waals surface area contributed by atoms with Gasteiger partial charge in [-0.1, -0.05) is 6.92 Å². The van der Waals surface area contributed by atoms with E-state index in [0.29, 0.717) is 15.8 Å². The molecule has 0 unspecified atom stereocenters. The molecule has 0 aliphatic heterocycles. The first kappa shape index (κ1) is 16.0. The molecule has 7 heteroatoms. The van der Waals surface area contributed by atoms with Crippen molar-refractivity contribution in [3.8, 4) is 0 Å². The van der Waals surface area contributed by atoms with Crippen LogP contribution in [0.5, 0.6) is 0 Å². The van der Waals surface area contributed by atoms with Crippen molar-refractivity contribution in [2.75, 3.05) is 5.32 Å². The van der Waals surface area contributed by atoms with Crippen molar-refractivity contribution in [2.45, 2.75) is 19.5 Å². The molecule has 0 fully saturated rings. The Bertz CT molecular complexity index is 666. The minimum absolute atomic E-state index is 0.102. The van der Waals surface area contributed by atoms with Crippen molar-refractivity contribution in [3.63, 3.8) is 0 Å². The minimum Gasteiger partial charge on any atom is -0.320 e. The molecule has 2 aromatic rings. The van der Waals surface area contributed by atoms with E-state index in [2.05, 4.69) is 21.2 Å². The number of alkyl halides is 3. The summed E-state index contributed by atoms with van der Waals surface area (Å²) in [5.74, 6) is -0.401. The first-order chi connectivity index (χ1) is 9.82. The molecule has 0 aliphatic carbocycles. The van der Waals surface area contributed by atoms with E-state index in [1.165, 1.54) is 17.4 Å². The third-order valence-corrected chi connectivity index (χ3v) is 4.52. The van der Waals surface area contributed by atoms with Gasteiger partial charge in [-0.3, -0.25) is 4.79 Å². The minimum atomic E-state index is -4.45. The van der Waals surface area contributed by atoms with Gasteiger partial charge in [-0.05, 0) is 57.6 Å². The molecule has 1 heterocycles. The van der Waals surface area contributed by atoms with Crippen molar-refractivity contribution >= 4 is 38.9 Å². The second-order valence-corrected chi connectivity index (χ2v) is 6.05. The number of rotatable bonds is 3. The molecule has 21 heavy (non-hydrogen) atoms. The van der Waals surface area contributed by atoms with E-state index in [-0.39, 0.29) is 5.69 Å². The van der Waals surface area contributed by atoms with Gasteiger partial charge in [-0.15, -0.1) is 11.3 Å². The Hall–Kier alpha value is -1.34. The highest BCUT2D eigenvalue weighted by Gasteiger charge is 2.31. The second kappa shape index (κ2) is 6.19. The van der Waals surface area contributed by atoms with E-state index in [1.807, 2.05) is 13.0 Å². The van der Waals surface area contributed by atoms with Gasteiger partial charge in [0.15, 0.2) is 0 Å². The van der Waals surface area contributed by atoms with E-state index in [1.54, 1.807) is 5.38 Å². The van der Waals surface area contributed by atoms with Crippen LogP contribution in [0, 0.1) is 0 Å². The maximum absolute atomic E-state index is 12.7. The zero-order valence-electron chi connectivity index (χ0n) is 10.9. The summed E-state index contributed by atoms with van der Waals surface area (Å²) in [4.78, 5) is 12.7. The van der Waals surface area contributed by atoms with E-state index in [4.69, 9.17) is 0 Å². The van der Waals surface area contributed by atoms with Gasteiger partial charge in [0.05, 0.1) is 16.1 Å². The van der Waals surface area contributed by atoms with Gasteiger partial charge >= 0.3 is 6.18 Å². The van der Waals surface area contributed by atoms with E-state index in [9.17, 15) is 18.0 Å². The maximum Gasteiger partial charge on any atom is 0.416 e. The van der Waals surface area contributed by atoms with Crippen LogP contribution in [-0.4, -0.2) is 5.91 Å². The van der Waals surface area contributed by atoms with Crippen molar-refractivity contribution in [1.82, 2.24) is 0 Å². The normalized spacial score (nSPS) is 11.5. The van der Waals surface area contributed by atoms with E-state index < -0.39 is 17.6 Å². The number of benzene rings is 1. The Morgan fingerprint density at radius 2 is 2.05 bits per heavy atom. The molecule has 0 spiro atoms. The predicted molar refractivity (Wildman–Crippen MR) is 80.8 cm³/mol. The van der Waals surface area contributed by atoms with Crippen LogP contribution in [0.25, 0.3) is 0 Å². The summed E-state index contributed by atoms with van der Waals surface area (Å²) >= 11 is 4.41. The number of hydrogen-bond acceptors (Lipinski definition) is 2. The van der Waals surface area contributed by atoms with Crippen LogP contribution in [0.3, 0.4) is 0 Å². The maximum atomic E-state index is 12.7. The van der Waals surface area contributed by atoms with Crippen LogP contribution in [0.1, 0.15) is 27.7 Å². The highest BCUT2D eigenvalue weighted by atomic mass is 79.9. The quantitative estimate of drug-likeness (QED) is 0.767. The Kier molecular flexibility index (Phi) is 4.73. The summed E-state index contributed by atoms with van der Waals surface area (Å²) in [6, 6.07) is 4.98. The number of carbonyl (C=O) groups is 1. The number of carbonyl (C=O) groups excluding carboxylic acids is 1. The Morgan fingerprint density at radius 1 is 1.33 bits per heavy atom. The van der Waals surface area contributed by atoms with Gasteiger partial charge in [-0.25, -0.2) is 0 Å². The molecule has 1 aromatic heterocycles. The van der Waals surface area contributed by atoms with Crippen LogP contribution in [-0.2, 0) is 12.6 Å². The summed E-state index contributed by atoms with van der Waals surface area (Å²) in [6.45, 7) is 1.92. The Morgan fingerprint density at radius 3 is 2.67 bits per heavy atom. The monoisotopic (exact) mass is 377 g/mol. The summed E-state index contributed by atoms with van der Waals surface area (Å²) < 4.78 is 38.5. The fourth-order valence-electron chi connectivity index (χ4n) is 1.79. The molecule has 0 radical (unpaired) electrons. The number of halogens is 4. The molecule has 0 aliphatic rings. The third kappa shape index (κ3) is 3.65. The van der Waals surface area contributed by atoms with Crippen LogP contribution >= 0.6 is 27.3 Å². The SMILES string of the molecule is CCc1ccsc1C(=O)Nc1cc(C(F)(F)F)ccc1Br. The fourth-order valence-corrected chi connectivity index (χ4v) is 3.03. The van der Waals surface area contributed by atoms with Crippen LogP contribution in [0.2, 0.25) is 0 Å². The molecular formula is C14H11BrF3NOS. The van der Waals surface area contributed by atoms with Gasteiger partial charge in [0.25, 0.3) is 5.91 Å². The van der Waals surface area contributed by atoms with Gasteiger partial charge < -0.3 is 5.32 Å². The first-order valence-corrected chi connectivity index (χ1v) is 7.74. The smallest absolute Gasteiger partial charge is 0.320 e. The Labute approximate surface area is 132 Å². The third-order valence-electron chi connectivity index (χ3n) is 2.88. The van der Waals surface area contributed by atoms with E-state index in [0.717, 1.165) is 17.7 Å². The number of amides is 1. The van der Waals surface area contributed by atoms with Crippen molar-refractivity contribution in [2.24, 2.45) is 0 Å². The highest BCUT2D eigenvalue weighted by Crippen LogP contribution is 2.34. The molecule has 1 aromatic carbocycles. The molecule has 0 saturated carbocycles. The zero-order chi connectivity index (χ0) is 15.6. The molecule has 1 amide bonds. The summed E-state index contributed by atoms with van der Waals surface area (Å²) in [5, 5.41) is 4.31. The van der Waals surface area contributed by atoms with Gasteiger partial charge in [-0.2, -0.15) is 13.2 Å². The molecule has 2 nitrogen and oxygen atoms in total. The largest absolute Gasteiger partial charge is 0.416 e. The lowest BCUT2D eigenvalue weighted by Gasteiger charge is -2.11. The van der Waals surface area contributed by atoms with E-state index >= 15 is 0 Å². The number of aryl methyl sites for hydroxylation is 1. The molecule has 0 saturated heterocycles. The zero-order valence-corrected chi connectivity index (χ0v) is 13.3. The fraction of sp³-hybridized carbons (Fsp3) is 0.214. The number of thiophene rings is 1. The van der Waals surface area contributed by atoms with Crippen LogP contribution < -0.4 is 5.32 Å². The standard InChI is InChI=1S/C14H11BrF3NOS/c1-2-8-5-6-21-12(8)13(20)19-11-7-9(14(16,17)18)3-4-10(11)15/h3-7H,2H2,1H3,(H,19,20). The van der Waals surface area contributed by atoms with Crippen LogP contribution in [0.4, 0.5) is 18.9 Å². The van der Waals surface area contributed by atoms with Gasteiger partial charge in [0.1, 0.15) is 0 Å². The number of nitrogens with one attached hydrogen (secondary N) is 1. The molecule has 112 valence electrons. The lowest BCUT2D eigenvalue weighted by Crippen LogP contribution is -2.13. The first-order valence-electron chi connectivity index (χ1n) is 6.07. The predicted octanol–water partition coefficient (Wildman–Crippen LogP) is 5.34. The average molecular weight is 378 g/mol. The summed E-state index contributed by atoms with van der Waals surface area (Å²) in [6.07, 6.45) is -3.76. The van der Waals surface area contributed by atoms with Crippen molar-refractivity contribution in [3.05, 3.63) is 50.1 Å². The van der Waals surface area contributed by atoms with Crippen molar-refractivity contribution in [1.29, 1.82) is 0 Å². The second-order valence-electron chi connectivity index (χ2n) is 4.28. The van der Waals surface area contributed by atoms with Crippen LogP contribution in [0.15, 0.2) is 34.1 Å². The summed E-state index contributed by atoms with van der Waals surface area (Å²) in [7, 11) is 0. The lowest BCUT2D eigenvalue weighted by atomic mass is 10.1. The topological polar surface area (TPSA) is 29.1 Å². The number of hydrogen-bond donors (Lipinski definition) is 1. The Balaban J connectivity index is 2.29. The van der Waals surface area contributed by atoms with Gasteiger partial charge in [0, 0.05) is 4.47 Å².